The lowest BCUT2D eigenvalue weighted by Gasteiger charge is -2.55. The van der Waals surface area contributed by atoms with E-state index < -0.39 is 36.8 Å². The Balaban J connectivity index is 1.80. The highest BCUT2D eigenvalue weighted by atomic mass is 32.1. The van der Waals surface area contributed by atoms with Crippen molar-refractivity contribution in [2.75, 3.05) is 7.11 Å². The minimum atomic E-state index is -2.13. The zero-order chi connectivity index (χ0) is 33.4. The lowest BCUT2D eigenvalue weighted by Crippen LogP contribution is -2.69. The summed E-state index contributed by atoms with van der Waals surface area (Å²) >= 11 is 1.73. The predicted octanol–water partition coefficient (Wildman–Crippen LogP) is 9.72. The zero-order valence-corrected chi connectivity index (χ0v) is 33.1. The molecule has 0 saturated carbocycles. The van der Waals surface area contributed by atoms with E-state index in [2.05, 4.69) is 103 Å². The SMILES string of the molecule is CC[C@H]1OC(OC)(c2ccc(C)c(Cc3ccc(-c4ccc(F)cc4)s3)c2)[C@H](O[Si](C)(C)C)[C@@H](O[Si](C)(C)C)[C@@H]1O[Si](C)(C)C. The minimum Gasteiger partial charge on any atom is -0.409 e. The number of benzene rings is 2. The number of hydrogen-bond acceptors (Lipinski definition) is 6. The second-order valence-electron chi connectivity index (χ2n) is 15.1. The van der Waals surface area contributed by atoms with Crippen LogP contribution < -0.4 is 0 Å². The van der Waals surface area contributed by atoms with Crippen molar-refractivity contribution in [3.05, 3.63) is 82.0 Å². The molecule has 0 spiro atoms. The summed E-state index contributed by atoms with van der Waals surface area (Å²) in [5.41, 5.74) is 4.34. The highest BCUT2D eigenvalue weighted by Gasteiger charge is 2.59. The number of hydrogen-bond donors (Lipinski definition) is 0. The lowest BCUT2D eigenvalue weighted by atomic mass is 9.85. The molecule has 1 aromatic heterocycles. The Hall–Kier alpha value is -1.48. The third kappa shape index (κ3) is 9.11. The molecule has 0 bridgehead atoms. The monoisotopic (exact) mass is 688 g/mol. The fraction of sp³-hybridized carbons (Fsp3) is 0.543. The Morgan fingerprint density at radius 1 is 0.800 bits per heavy atom. The van der Waals surface area contributed by atoms with Gasteiger partial charge >= 0.3 is 0 Å². The van der Waals surface area contributed by atoms with E-state index in [0.717, 1.165) is 28.8 Å². The van der Waals surface area contributed by atoms with Gasteiger partial charge in [0.1, 0.15) is 18.0 Å². The average Bonchev–Trinajstić information content (AvgIpc) is 3.39. The topological polar surface area (TPSA) is 46.2 Å². The molecule has 0 radical (unpaired) electrons. The quantitative estimate of drug-likeness (QED) is 0.177. The molecule has 2 heterocycles. The van der Waals surface area contributed by atoms with Gasteiger partial charge in [-0.05, 0) is 119 Å². The minimum absolute atomic E-state index is 0.224. The molecule has 1 aliphatic heterocycles. The summed E-state index contributed by atoms with van der Waals surface area (Å²) in [4.78, 5) is 2.35. The highest BCUT2D eigenvalue weighted by Crippen LogP contribution is 2.46. The molecular weight excluding hydrogens is 636 g/mol. The molecule has 5 nitrogen and oxygen atoms in total. The summed E-state index contributed by atoms with van der Waals surface area (Å²) in [6.07, 6.45) is 0.143. The summed E-state index contributed by atoms with van der Waals surface area (Å²) in [7, 11) is -4.43. The van der Waals surface area contributed by atoms with Crippen LogP contribution in [0.1, 0.15) is 34.9 Å². The maximum atomic E-state index is 13.5. The van der Waals surface area contributed by atoms with Gasteiger partial charge in [0.2, 0.25) is 5.79 Å². The Bertz CT molecular complexity index is 1430. The molecule has 10 heteroatoms. The standard InChI is InChI=1S/C35H53FO5SSi3/c1-13-30-32(39-43(4,5)6)33(40-44(7,8)9)34(41-45(10,11)12)35(37-3,38-30)27-17-14-24(2)26(22-27)23-29-20-21-31(42-29)25-15-18-28(36)19-16-25/h14-22,30,32-34H,13,23H2,1-12H3/t30-,32-,33+,34-,35?/m1/s1. The van der Waals surface area contributed by atoms with E-state index in [9.17, 15) is 4.39 Å². The molecule has 0 amide bonds. The lowest BCUT2D eigenvalue weighted by molar-refractivity contribution is -0.355. The van der Waals surface area contributed by atoms with Crippen LogP contribution in [0.4, 0.5) is 4.39 Å². The van der Waals surface area contributed by atoms with Crippen LogP contribution in [0.3, 0.4) is 0 Å². The van der Waals surface area contributed by atoms with Gasteiger partial charge in [-0.2, -0.15) is 0 Å². The highest BCUT2D eigenvalue weighted by molar-refractivity contribution is 7.15. The molecular formula is C35H53FO5SSi3. The number of halogens is 1. The van der Waals surface area contributed by atoms with Gasteiger partial charge in [0, 0.05) is 28.8 Å². The third-order valence-electron chi connectivity index (χ3n) is 7.76. The Morgan fingerprint density at radius 2 is 1.40 bits per heavy atom. The average molecular weight is 689 g/mol. The van der Waals surface area contributed by atoms with Crippen molar-refractivity contribution < 1.29 is 27.1 Å². The summed E-state index contributed by atoms with van der Waals surface area (Å²) < 4.78 is 48.2. The van der Waals surface area contributed by atoms with Crippen LogP contribution in [0.2, 0.25) is 58.9 Å². The summed E-state index contributed by atoms with van der Waals surface area (Å²) in [6, 6.07) is 17.5. The molecule has 0 aliphatic carbocycles. The van der Waals surface area contributed by atoms with Crippen LogP contribution in [-0.2, 0) is 35.0 Å². The normalized spacial score (nSPS) is 24.6. The van der Waals surface area contributed by atoms with Crippen LogP contribution in [0.5, 0.6) is 0 Å². The van der Waals surface area contributed by atoms with Crippen molar-refractivity contribution >= 4 is 36.3 Å². The first kappa shape index (κ1) is 36.4. The van der Waals surface area contributed by atoms with Gasteiger partial charge in [0.15, 0.2) is 25.0 Å². The van der Waals surface area contributed by atoms with E-state index in [4.69, 9.17) is 22.8 Å². The molecule has 248 valence electrons. The van der Waals surface area contributed by atoms with E-state index in [1.54, 1.807) is 18.4 Å². The van der Waals surface area contributed by atoms with Crippen LogP contribution in [0, 0.1) is 12.7 Å². The number of aryl methyl sites for hydroxylation is 1. The molecule has 1 saturated heterocycles. The van der Waals surface area contributed by atoms with Crippen molar-refractivity contribution in [1.82, 2.24) is 0 Å². The zero-order valence-electron chi connectivity index (χ0n) is 29.2. The molecule has 45 heavy (non-hydrogen) atoms. The van der Waals surface area contributed by atoms with Crippen LogP contribution in [0.15, 0.2) is 54.6 Å². The molecule has 0 N–H and O–H groups in total. The number of methoxy groups -OCH3 is 1. The van der Waals surface area contributed by atoms with Crippen molar-refractivity contribution in [2.45, 2.75) is 116 Å². The van der Waals surface area contributed by atoms with Gasteiger partial charge in [0.25, 0.3) is 0 Å². The third-order valence-corrected chi connectivity index (χ3v) is 11.8. The van der Waals surface area contributed by atoms with E-state index >= 15 is 0 Å². The molecule has 1 aliphatic rings. The molecule has 5 atom stereocenters. The van der Waals surface area contributed by atoms with Crippen molar-refractivity contribution in [1.29, 1.82) is 0 Å². The van der Waals surface area contributed by atoms with Gasteiger partial charge in [-0.15, -0.1) is 11.3 Å². The molecule has 3 aromatic rings. The fourth-order valence-electron chi connectivity index (χ4n) is 5.91. The first-order valence-corrected chi connectivity index (χ1v) is 27.1. The molecule has 1 unspecified atom stereocenters. The van der Waals surface area contributed by atoms with Crippen LogP contribution >= 0.6 is 11.3 Å². The second-order valence-corrected chi connectivity index (χ2v) is 29.6. The number of thiophene rings is 1. The Labute approximate surface area is 277 Å². The first-order chi connectivity index (χ1) is 20.8. The number of ether oxygens (including phenoxy) is 2. The van der Waals surface area contributed by atoms with Gasteiger partial charge in [0.05, 0.1) is 12.2 Å². The van der Waals surface area contributed by atoms with Crippen molar-refractivity contribution in [3.8, 4) is 10.4 Å². The second kappa shape index (κ2) is 13.9. The van der Waals surface area contributed by atoms with Crippen molar-refractivity contribution in [2.24, 2.45) is 0 Å². The first-order valence-electron chi connectivity index (χ1n) is 16.1. The summed E-state index contributed by atoms with van der Waals surface area (Å²) in [5.74, 6) is -1.40. The van der Waals surface area contributed by atoms with E-state index in [-0.39, 0.29) is 24.1 Å². The summed E-state index contributed by atoms with van der Waals surface area (Å²) in [6.45, 7) is 24.2. The molecule has 4 rings (SSSR count). The van der Waals surface area contributed by atoms with E-state index in [1.807, 2.05) is 12.1 Å². The summed E-state index contributed by atoms with van der Waals surface area (Å²) in [5, 5.41) is 0. The number of rotatable bonds is 12. The van der Waals surface area contributed by atoms with E-state index in [1.165, 1.54) is 28.1 Å². The molecule has 1 fully saturated rings. The maximum absolute atomic E-state index is 13.5. The smallest absolute Gasteiger partial charge is 0.223 e. The van der Waals surface area contributed by atoms with Gasteiger partial charge < -0.3 is 22.8 Å². The predicted molar refractivity (Wildman–Crippen MR) is 192 cm³/mol. The van der Waals surface area contributed by atoms with Crippen LogP contribution in [-0.4, -0.2) is 56.5 Å². The maximum Gasteiger partial charge on any atom is 0.223 e. The Morgan fingerprint density at radius 3 is 1.96 bits per heavy atom. The fourth-order valence-corrected chi connectivity index (χ4v) is 10.2. The van der Waals surface area contributed by atoms with Crippen molar-refractivity contribution in [3.63, 3.8) is 0 Å². The van der Waals surface area contributed by atoms with Crippen LogP contribution in [0.25, 0.3) is 10.4 Å². The van der Waals surface area contributed by atoms with Gasteiger partial charge in [-0.1, -0.05) is 31.2 Å². The van der Waals surface area contributed by atoms with E-state index in [0.29, 0.717) is 0 Å². The largest absolute Gasteiger partial charge is 0.409 e. The van der Waals surface area contributed by atoms with Gasteiger partial charge in [-0.25, -0.2) is 4.39 Å². The molecule has 2 aromatic carbocycles. The Kier molecular flexibility index (Phi) is 11.3. The van der Waals surface area contributed by atoms with Gasteiger partial charge in [-0.3, -0.25) is 0 Å².